The molecule has 0 unspecified atom stereocenters. The van der Waals surface area contributed by atoms with E-state index in [4.69, 9.17) is 16.3 Å². The molecule has 2 rings (SSSR count). The number of carbonyl (C=O) groups is 1. The van der Waals surface area contributed by atoms with Crippen molar-refractivity contribution in [2.75, 3.05) is 32.8 Å². The highest BCUT2D eigenvalue weighted by molar-refractivity contribution is 6.34. The summed E-state index contributed by atoms with van der Waals surface area (Å²) in [6.45, 7) is 5.82. The van der Waals surface area contributed by atoms with Gasteiger partial charge >= 0.3 is 0 Å². The fourth-order valence-corrected chi connectivity index (χ4v) is 2.27. The summed E-state index contributed by atoms with van der Waals surface area (Å²) in [4.78, 5) is 14.1. The molecule has 0 aromatic heterocycles. The summed E-state index contributed by atoms with van der Waals surface area (Å²) in [6.07, 6.45) is 0.944. The summed E-state index contributed by atoms with van der Waals surface area (Å²) in [5, 5.41) is 3.68. The fraction of sp³-hybridized carbons (Fsp3) is 0.500. The Hall–Kier alpha value is -1.26. The van der Waals surface area contributed by atoms with Crippen molar-refractivity contribution in [3.63, 3.8) is 0 Å². The van der Waals surface area contributed by atoms with Crippen molar-refractivity contribution in [2.24, 2.45) is 0 Å². The average molecular weight is 283 g/mol. The topological polar surface area (TPSA) is 41.6 Å². The summed E-state index contributed by atoms with van der Waals surface area (Å²) in [6, 6.07) is 5.27. The molecule has 1 saturated heterocycles. The van der Waals surface area contributed by atoms with Crippen LogP contribution in [0.4, 0.5) is 0 Å². The smallest absolute Gasteiger partial charge is 0.255 e. The Morgan fingerprint density at radius 1 is 1.42 bits per heavy atom. The summed E-state index contributed by atoms with van der Waals surface area (Å²) in [7, 11) is 0. The van der Waals surface area contributed by atoms with Crippen molar-refractivity contribution >= 4 is 17.5 Å². The fourth-order valence-electron chi connectivity index (χ4n) is 2.02. The lowest BCUT2D eigenvalue weighted by molar-refractivity contribution is 0.0736. The van der Waals surface area contributed by atoms with Gasteiger partial charge in [0.2, 0.25) is 0 Å². The maximum atomic E-state index is 12.3. The number of hydrogen-bond acceptors (Lipinski definition) is 3. The minimum Gasteiger partial charge on any atom is -0.494 e. The zero-order chi connectivity index (χ0) is 13.7. The highest BCUT2D eigenvalue weighted by Gasteiger charge is 2.20. The standard InChI is InChI=1S/C14H19ClN2O2/c1-2-9-19-11-3-4-12(13(15)10-11)14(18)17-7-5-16-6-8-17/h3-4,10,16H,2,5-9H2,1H3. The number of ether oxygens (including phenoxy) is 1. The van der Waals surface area contributed by atoms with Crippen LogP contribution < -0.4 is 10.1 Å². The largest absolute Gasteiger partial charge is 0.494 e. The third-order valence-electron chi connectivity index (χ3n) is 3.05. The molecule has 0 bridgehead atoms. The molecule has 0 atom stereocenters. The second-order valence-corrected chi connectivity index (χ2v) is 4.94. The van der Waals surface area contributed by atoms with Crippen LogP contribution in [0.5, 0.6) is 5.75 Å². The minimum atomic E-state index is -0.00598. The molecule has 1 aliphatic rings. The van der Waals surface area contributed by atoms with Gasteiger partial charge in [0.1, 0.15) is 5.75 Å². The van der Waals surface area contributed by atoms with E-state index in [1.54, 1.807) is 18.2 Å². The molecule has 19 heavy (non-hydrogen) atoms. The van der Waals surface area contributed by atoms with E-state index in [9.17, 15) is 4.79 Å². The van der Waals surface area contributed by atoms with E-state index >= 15 is 0 Å². The van der Waals surface area contributed by atoms with Crippen LogP contribution in [0.2, 0.25) is 5.02 Å². The predicted molar refractivity (Wildman–Crippen MR) is 76.0 cm³/mol. The Morgan fingerprint density at radius 3 is 2.79 bits per heavy atom. The number of nitrogens with zero attached hydrogens (tertiary/aromatic N) is 1. The van der Waals surface area contributed by atoms with Gasteiger partial charge in [-0.05, 0) is 24.6 Å². The number of hydrogen-bond donors (Lipinski definition) is 1. The van der Waals surface area contributed by atoms with Crippen LogP contribution in [0.25, 0.3) is 0 Å². The summed E-state index contributed by atoms with van der Waals surface area (Å²) in [5.74, 6) is 0.706. The van der Waals surface area contributed by atoms with Gasteiger partial charge < -0.3 is 15.0 Å². The quantitative estimate of drug-likeness (QED) is 0.920. The Balaban J connectivity index is 2.09. The molecule has 1 amide bonds. The number of nitrogens with one attached hydrogen (secondary N) is 1. The maximum absolute atomic E-state index is 12.3. The number of benzene rings is 1. The Kier molecular flexibility index (Phi) is 5.05. The van der Waals surface area contributed by atoms with E-state index in [1.165, 1.54) is 0 Å². The second kappa shape index (κ2) is 6.78. The molecule has 0 saturated carbocycles. The highest BCUT2D eigenvalue weighted by atomic mass is 35.5. The molecule has 1 fully saturated rings. The molecule has 1 N–H and O–H groups in total. The molecule has 1 aromatic carbocycles. The molecule has 5 heteroatoms. The van der Waals surface area contributed by atoms with Gasteiger partial charge in [0, 0.05) is 26.2 Å². The van der Waals surface area contributed by atoms with Crippen LogP contribution >= 0.6 is 11.6 Å². The lowest BCUT2D eigenvalue weighted by atomic mass is 10.1. The number of carbonyl (C=O) groups excluding carboxylic acids is 1. The first-order chi connectivity index (χ1) is 9.22. The van der Waals surface area contributed by atoms with E-state index in [1.807, 2.05) is 11.8 Å². The first kappa shape index (κ1) is 14.2. The van der Waals surface area contributed by atoms with Crippen LogP contribution in [0.3, 0.4) is 0 Å². The lowest BCUT2D eigenvalue weighted by Crippen LogP contribution is -2.46. The maximum Gasteiger partial charge on any atom is 0.255 e. The van der Waals surface area contributed by atoms with E-state index in [0.717, 1.165) is 32.6 Å². The SMILES string of the molecule is CCCOc1ccc(C(=O)N2CCNCC2)c(Cl)c1. The normalized spacial score (nSPS) is 15.4. The first-order valence-electron chi connectivity index (χ1n) is 6.64. The van der Waals surface area contributed by atoms with Gasteiger partial charge in [0.15, 0.2) is 0 Å². The van der Waals surface area contributed by atoms with Gasteiger partial charge in [-0.1, -0.05) is 18.5 Å². The van der Waals surface area contributed by atoms with Gasteiger partial charge in [-0.15, -0.1) is 0 Å². The second-order valence-electron chi connectivity index (χ2n) is 4.53. The summed E-state index contributed by atoms with van der Waals surface area (Å²) in [5.41, 5.74) is 0.549. The number of rotatable bonds is 4. The van der Waals surface area contributed by atoms with E-state index in [0.29, 0.717) is 22.9 Å². The van der Waals surface area contributed by atoms with Crippen molar-refractivity contribution < 1.29 is 9.53 Å². The Bertz CT molecular complexity index is 445. The molecule has 1 aliphatic heterocycles. The Labute approximate surface area is 118 Å². The van der Waals surface area contributed by atoms with Crippen LogP contribution in [0.1, 0.15) is 23.7 Å². The van der Waals surface area contributed by atoms with Crippen LogP contribution in [-0.4, -0.2) is 43.6 Å². The average Bonchev–Trinajstić information content (AvgIpc) is 2.45. The number of piperazine rings is 1. The zero-order valence-corrected chi connectivity index (χ0v) is 11.9. The predicted octanol–water partition coefficient (Wildman–Crippen LogP) is 2.17. The monoisotopic (exact) mass is 282 g/mol. The van der Waals surface area contributed by atoms with Crippen molar-refractivity contribution in [1.29, 1.82) is 0 Å². The lowest BCUT2D eigenvalue weighted by Gasteiger charge is -2.27. The van der Waals surface area contributed by atoms with E-state index < -0.39 is 0 Å². The molecule has 1 heterocycles. The van der Waals surface area contributed by atoms with Crippen molar-refractivity contribution in [3.05, 3.63) is 28.8 Å². The van der Waals surface area contributed by atoms with Crippen LogP contribution in [0.15, 0.2) is 18.2 Å². The molecular formula is C14H19ClN2O2. The number of halogens is 1. The van der Waals surface area contributed by atoms with Crippen LogP contribution in [-0.2, 0) is 0 Å². The van der Waals surface area contributed by atoms with Gasteiger partial charge in [-0.25, -0.2) is 0 Å². The first-order valence-corrected chi connectivity index (χ1v) is 7.02. The van der Waals surface area contributed by atoms with Gasteiger partial charge in [-0.2, -0.15) is 0 Å². The van der Waals surface area contributed by atoms with Gasteiger partial charge in [0.05, 0.1) is 17.2 Å². The molecule has 1 aromatic rings. The van der Waals surface area contributed by atoms with E-state index in [-0.39, 0.29) is 5.91 Å². The van der Waals surface area contributed by atoms with E-state index in [2.05, 4.69) is 5.32 Å². The molecule has 0 spiro atoms. The van der Waals surface area contributed by atoms with Gasteiger partial charge in [0.25, 0.3) is 5.91 Å². The van der Waals surface area contributed by atoms with Crippen molar-refractivity contribution in [3.8, 4) is 5.75 Å². The highest BCUT2D eigenvalue weighted by Crippen LogP contribution is 2.24. The third kappa shape index (κ3) is 3.61. The molecule has 104 valence electrons. The van der Waals surface area contributed by atoms with Crippen molar-refractivity contribution in [2.45, 2.75) is 13.3 Å². The Morgan fingerprint density at radius 2 is 2.16 bits per heavy atom. The molecular weight excluding hydrogens is 264 g/mol. The molecule has 0 radical (unpaired) electrons. The molecule has 4 nitrogen and oxygen atoms in total. The van der Waals surface area contributed by atoms with Crippen molar-refractivity contribution in [1.82, 2.24) is 10.2 Å². The number of amides is 1. The molecule has 0 aliphatic carbocycles. The summed E-state index contributed by atoms with van der Waals surface area (Å²) < 4.78 is 5.50. The summed E-state index contributed by atoms with van der Waals surface area (Å²) >= 11 is 6.18. The van der Waals surface area contributed by atoms with Gasteiger partial charge in [-0.3, -0.25) is 4.79 Å². The third-order valence-corrected chi connectivity index (χ3v) is 3.36. The minimum absolute atomic E-state index is 0.00598. The van der Waals surface area contributed by atoms with Crippen LogP contribution in [0, 0.1) is 0 Å². The zero-order valence-electron chi connectivity index (χ0n) is 11.1.